The molecule has 0 spiro atoms. The number of thiazole rings is 1. The molecule has 16 heterocycles. The summed E-state index contributed by atoms with van der Waals surface area (Å²) in [5, 5.41) is 20.8. The van der Waals surface area contributed by atoms with Gasteiger partial charge in [0.05, 0.1) is 58.7 Å². The number of aryl methyl sites for hydroxylation is 13. The monoisotopic (exact) mass is 1390 g/mol. The molecule has 0 fully saturated rings. The number of para-hydroxylation sites is 2. The molecular formula is C74H78F2N16O4S3. The number of fused-ring (bicyclic) bond motifs is 7. The highest BCUT2D eigenvalue weighted by Crippen LogP contribution is 2.42. The highest BCUT2D eigenvalue weighted by Gasteiger charge is 2.43. The van der Waals surface area contributed by atoms with Gasteiger partial charge in [0.15, 0.2) is 17.1 Å². The van der Waals surface area contributed by atoms with Crippen LogP contribution in [0.5, 0.6) is 11.5 Å². The van der Waals surface area contributed by atoms with Gasteiger partial charge in [-0.1, -0.05) is 54.6 Å². The van der Waals surface area contributed by atoms with Gasteiger partial charge in [-0.2, -0.15) is 26.6 Å². The largest absolute Gasteiger partial charge is 0.586 e. The summed E-state index contributed by atoms with van der Waals surface area (Å²) in [7, 11) is 3.88. The number of furan rings is 1. The standard InChI is InChI=1S/C9H10N2.C8H6F2O2.C8H9N3.2C8H8N2.C7H7N3O.C7H7N3.C5H6O.2C5H6S.C4H5NS/c1-7-3-4-9-10-5-6-11(9)8(7)2;1-5-3-2-4-6-7(5)12-8(9,10)11-6;1-6-3-8-7(4-9-6)5-10-11(8)2;1-10-8-5-3-2-4-7(8)6-9-10;1-7-6-9-8-4-2-3-5-10(7)8;1-4-2-8-3-5-6(4)10-7(11)9-5;1-6-3-2-4-10-7(6)8-5-9-10;2*1-5-2-3-6-4-5;1-5-3-2-4-6-5;1-4-2-5-3-6-4/h3-6H,1-2H3;2-4H,1H3;3-5H,1-2H3;2*2-6H,1H3;2-3H,1H3,(H2,9,10,11);2-5H,1H3;3*2-4H,1H3;2-3H,1H3. The molecule has 0 radical (unpaired) electrons. The molecule has 20 nitrogen and oxygen atoms in total. The van der Waals surface area contributed by atoms with E-state index in [2.05, 4.69) is 154 Å². The molecule has 0 saturated carbocycles. The van der Waals surface area contributed by atoms with Crippen molar-refractivity contribution >= 4 is 83.8 Å². The Morgan fingerprint density at radius 3 is 1.93 bits per heavy atom. The molecule has 510 valence electrons. The van der Waals surface area contributed by atoms with Crippen LogP contribution in [0.25, 0.3) is 49.8 Å². The van der Waals surface area contributed by atoms with Gasteiger partial charge in [0.1, 0.15) is 17.6 Å². The summed E-state index contributed by atoms with van der Waals surface area (Å²) < 4.78 is 47.8. The Morgan fingerprint density at radius 2 is 1.31 bits per heavy atom. The van der Waals surface area contributed by atoms with Crippen LogP contribution >= 0.6 is 34.0 Å². The number of hydrogen-bond acceptors (Lipinski definition) is 16. The third-order valence-corrected chi connectivity index (χ3v) is 16.7. The van der Waals surface area contributed by atoms with Crippen molar-refractivity contribution in [2.24, 2.45) is 14.1 Å². The first-order valence-corrected chi connectivity index (χ1v) is 33.7. The second-order valence-corrected chi connectivity index (χ2v) is 25.3. The van der Waals surface area contributed by atoms with Crippen LogP contribution in [0.4, 0.5) is 8.78 Å². The molecule has 17 aromatic rings. The molecule has 15 aromatic heterocycles. The predicted molar refractivity (Wildman–Crippen MR) is 394 cm³/mol. The maximum atomic E-state index is 12.5. The average Bonchev–Trinajstić information content (AvgIpc) is 1.60. The fraction of sp³-hybridized carbons (Fsp3) is 0.189. The van der Waals surface area contributed by atoms with Crippen LogP contribution in [0.2, 0.25) is 0 Å². The van der Waals surface area contributed by atoms with Gasteiger partial charge in [-0.25, -0.2) is 24.3 Å². The molecule has 2 N–H and O–H groups in total. The number of thiophene rings is 2. The van der Waals surface area contributed by atoms with Crippen LogP contribution in [0, 0.1) is 76.2 Å². The second-order valence-electron chi connectivity index (χ2n) is 22.2. The lowest BCUT2D eigenvalue weighted by Gasteiger charge is -2.04. The third-order valence-electron chi connectivity index (χ3n) is 14.4. The zero-order chi connectivity index (χ0) is 70.8. The van der Waals surface area contributed by atoms with E-state index in [4.69, 9.17) is 4.42 Å². The number of benzene rings is 2. The maximum Gasteiger partial charge on any atom is 0.586 e. The number of aromatic amines is 2. The number of pyridine rings is 5. The van der Waals surface area contributed by atoms with E-state index in [9.17, 15) is 13.6 Å². The number of nitrogens with one attached hydrogen (secondary N) is 2. The molecule has 0 saturated heterocycles. The number of aromatic nitrogens is 16. The van der Waals surface area contributed by atoms with Crippen molar-refractivity contribution in [3.05, 3.63) is 295 Å². The Balaban J connectivity index is 0.000000140. The Bertz CT molecular complexity index is 5030. The molecule has 0 bridgehead atoms. The summed E-state index contributed by atoms with van der Waals surface area (Å²) in [5.74, 6) is 0.225. The number of imidazole rings is 3. The predicted octanol–water partition coefficient (Wildman–Crippen LogP) is 17.5. The lowest BCUT2D eigenvalue weighted by atomic mass is 10.2. The number of rotatable bonds is 0. The molecule has 0 aliphatic carbocycles. The van der Waals surface area contributed by atoms with Crippen molar-refractivity contribution in [1.29, 1.82) is 0 Å². The van der Waals surface area contributed by atoms with Crippen molar-refractivity contribution in [3.8, 4) is 11.5 Å². The van der Waals surface area contributed by atoms with Crippen molar-refractivity contribution in [3.63, 3.8) is 0 Å². The molecule has 0 amide bonds. The minimum absolute atomic E-state index is 0.0972. The van der Waals surface area contributed by atoms with Crippen molar-refractivity contribution in [2.45, 2.75) is 82.5 Å². The van der Waals surface area contributed by atoms with E-state index in [0.29, 0.717) is 5.56 Å². The lowest BCUT2D eigenvalue weighted by Crippen LogP contribution is -2.26. The zero-order valence-electron chi connectivity index (χ0n) is 57.2. The Morgan fingerprint density at radius 1 is 0.545 bits per heavy atom. The maximum absolute atomic E-state index is 12.5. The molecule has 18 rings (SSSR count). The van der Waals surface area contributed by atoms with E-state index in [1.54, 1.807) is 88.8 Å². The summed E-state index contributed by atoms with van der Waals surface area (Å²) in [4.78, 5) is 43.1. The quantitative estimate of drug-likeness (QED) is 0.144. The number of nitrogens with zero attached hydrogens (tertiary/aromatic N) is 14. The van der Waals surface area contributed by atoms with Gasteiger partial charge >= 0.3 is 12.0 Å². The first kappa shape index (κ1) is 73.5. The van der Waals surface area contributed by atoms with E-state index in [1.165, 1.54) is 54.8 Å². The first-order chi connectivity index (χ1) is 47.6. The van der Waals surface area contributed by atoms with Crippen LogP contribution in [0.3, 0.4) is 0 Å². The first-order valence-electron chi connectivity index (χ1n) is 31.0. The Kier molecular flexibility index (Phi) is 26.9. The Labute approximate surface area is 583 Å². The van der Waals surface area contributed by atoms with Gasteiger partial charge in [0, 0.05) is 101 Å². The van der Waals surface area contributed by atoms with Crippen LogP contribution in [-0.4, -0.2) is 84.1 Å². The number of alkyl halides is 2. The van der Waals surface area contributed by atoms with Crippen LogP contribution in [0.1, 0.15) is 60.2 Å². The van der Waals surface area contributed by atoms with E-state index in [-0.39, 0.29) is 17.2 Å². The molecule has 1 aliphatic rings. The lowest BCUT2D eigenvalue weighted by molar-refractivity contribution is -0.286. The second kappa shape index (κ2) is 36.2. The summed E-state index contributed by atoms with van der Waals surface area (Å²) in [6.07, 6.45) is 21.7. The zero-order valence-corrected chi connectivity index (χ0v) is 59.7. The van der Waals surface area contributed by atoms with Crippen LogP contribution in [0.15, 0.2) is 233 Å². The van der Waals surface area contributed by atoms with Gasteiger partial charge in [-0.3, -0.25) is 24.3 Å². The number of hydrogen-bond donors (Lipinski definition) is 2. The van der Waals surface area contributed by atoms with Gasteiger partial charge in [0.25, 0.3) is 0 Å². The number of halogens is 2. The van der Waals surface area contributed by atoms with Gasteiger partial charge in [0.2, 0.25) is 0 Å². The number of H-pyrrole nitrogens is 2. The van der Waals surface area contributed by atoms with Crippen molar-refractivity contribution in [1.82, 2.24) is 77.8 Å². The topological polar surface area (TPSA) is 219 Å². The van der Waals surface area contributed by atoms with E-state index in [1.807, 2.05) is 187 Å². The summed E-state index contributed by atoms with van der Waals surface area (Å²) >= 11 is 5.18. The fourth-order valence-electron chi connectivity index (χ4n) is 9.03. The summed E-state index contributed by atoms with van der Waals surface area (Å²) in [5.41, 5.74) is 18.6. The van der Waals surface area contributed by atoms with Gasteiger partial charge < -0.3 is 32.7 Å². The minimum atomic E-state index is -3.51. The number of ether oxygens (including phenoxy) is 2. The normalized spacial score (nSPS) is 11.1. The molecule has 0 atom stereocenters. The highest BCUT2D eigenvalue weighted by molar-refractivity contribution is 7.10. The highest BCUT2D eigenvalue weighted by atomic mass is 32.1. The van der Waals surface area contributed by atoms with Crippen molar-refractivity contribution in [2.75, 3.05) is 0 Å². The fourth-order valence-corrected chi connectivity index (χ4v) is 10.6. The molecule has 25 heteroatoms. The van der Waals surface area contributed by atoms with E-state index < -0.39 is 6.29 Å². The third kappa shape index (κ3) is 22.1. The van der Waals surface area contributed by atoms with Crippen molar-refractivity contribution < 1.29 is 22.7 Å². The SMILES string of the molecule is Cc1cc2c(cn1)cnn2C.Cc1ccc2nccn2c1C.Cc1cccc2c1OC(F)(F)O2.Cc1cccn2ncnc12.Cc1cccs1.Cc1ccoc1.Cc1ccsc1.Cc1cnc2ccccn12.Cc1cncc2[nH]c(=O)[nH]c12.Cc1cncs1.Cn1ncc2ccccc21. The molecule has 1 aliphatic heterocycles. The molecule has 0 unspecified atom stereocenters. The molecule has 99 heavy (non-hydrogen) atoms. The summed E-state index contributed by atoms with van der Waals surface area (Å²) in [6.45, 7) is 22.1. The van der Waals surface area contributed by atoms with E-state index >= 15 is 0 Å². The molecular weight excluding hydrogens is 1310 g/mol. The summed E-state index contributed by atoms with van der Waals surface area (Å²) in [6, 6.07) is 37.2. The molecule has 2 aromatic carbocycles. The minimum Gasteiger partial charge on any atom is -0.472 e. The van der Waals surface area contributed by atoms with E-state index in [0.717, 1.165) is 55.7 Å². The van der Waals surface area contributed by atoms with Crippen LogP contribution in [-0.2, 0) is 14.1 Å². The smallest absolute Gasteiger partial charge is 0.472 e. The average molecular weight is 1390 g/mol. The Hall–Kier alpha value is -11.3. The van der Waals surface area contributed by atoms with Gasteiger partial charge in [-0.05, 0) is 186 Å². The van der Waals surface area contributed by atoms with Gasteiger partial charge in [-0.15, -0.1) is 31.5 Å². The van der Waals surface area contributed by atoms with Crippen LogP contribution < -0.4 is 15.2 Å².